The molecule has 19 heterocycles. The van der Waals surface area contributed by atoms with Crippen LogP contribution in [0.2, 0.25) is 0 Å². The third kappa shape index (κ3) is 17.4. The first kappa shape index (κ1) is 85.3. The van der Waals surface area contributed by atoms with Gasteiger partial charge in [0.05, 0.1) is 33.8 Å². The van der Waals surface area contributed by atoms with Crippen molar-refractivity contribution < 1.29 is 30.9 Å². The molecule has 6 saturated heterocycles. The molecular formula is C103H95N19O12S. The Balaban J connectivity index is 0.0000000980. The number of anilines is 5. The predicted octanol–water partition coefficient (Wildman–Crippen LogP) is 14.9. The molecule has 0 radical (unpaired) electrons. The highest BCUT2D eigenvalue weighted by Crippen LogP contribution is 2.37. The fourth-order valence-corrected chi connectivity index (χ4v) is 19.4. The van der Waals surface area contributed by atoms with E-state index in [9.17, 15) is 24.0 Å². The third-order valence-corrected chi connectivity index (χ3v) is 27.0. The van der Waals surface area contributed by atoms with Gasteiger partial charge in [0.15, 0.2) is 16.1 Å². The number of aryl methyl sites for hydroxylation is 1. The number of thiazole rings is 1. The molecule has 6 fully saturated rings. The lowest BCUT2D eigenvalue weighted by molar-refractivity contribution is 0.313. The first-order chi connectivity index (χ1) is 65.8. The van der Waals surface area contributed by atoms with Gasteiger partial charge < -0.3 is 85.6 Å². The predicted molar refractivity (Wildman–Crippen MR) is 528 cm³/mol. The smallest absolute Gasteiger partial charge is 0.349 e. The Labute approximate surface area is 774 Å². The molecule has 135 heavy (non-hydrogen) atoms. The lowest BCUT2D eigenvalue weighted by atomic mass is 10.1. The highest BCUT2D eigenvalue weighted by molar-refractivity contribution is 7.15. The lowest BCUT2D eigenvalue weighted by Gasteiger charge is -2.39. The van der Waals surface area contributed by atoms with Gasteiger partial charge >= 0.3 is 28.1 Å². The number of nitrogens with zero attached hydrogens (tertiary/aromatic N) is 16. The Morgan fingerprint density at radius 1 is 0.393 bits per heavy atom. The van der Waals surface area contributed by atoms with Crippen molar-refractivity contribution in [2.45, 2.75) is 51.4 Å². The van der Waals surface area contributed by atoms with Crippen LogP contribution in [-0.2, 0) is 0 Å². The number of likely N-dealkylation sites (N-methyl/N-ethyl adjacent to an activating group) is 2. The van der Waals surface area contributed by atoms with Gasteiger partial charge in [0.2, 0.25) is 17.6 Å². The van der Waals surface area contributed by atoms with Crippen LogP contribution in [-0.4, -0.2) is 196 Å². The quantitative estimate of drug-likeness (QED) is 0.107. The van der Waals surface area contributed by atoms with Crippen molar-refractivity contribution in [1.82, 2.24) is 68.9 Å². The number of aromatic nitrogens is 9. The van der Waals surface area contributed by atoms with Crippen LogP contribution in [0, 0.1) is 6.92 Å². The number of rotatable bonds is 10. The van der Waals surface area contributed by atoms with Crippen molar-refractivity contribution in [3.8, 4) is 56.7 Å². The minimum Gasteiger partial charge on any atom is -0.436 e. The van der Waals surface area contributed by atoms with E-state index in [2.05, 4.69) is 138 Å². The van der Waals surface area contributed by atoms with Crippen molar-refractivity contribution in [3.63, 3.8) is 0 Å². The summed E-state index contributed by atoms with van der Waals surface area (Å²) in [6.07, 6.45) is 14.1. The summed E-state index contributed by atoms with van der Waals surface area (Å²) in [6, 6.07) is 62.0. The molecule has 32 heteroatoms. The van der Waals surface area contributed by atoms with Gasteiger partial charge in [-0.2, -0.15) is 0 Å². The van der Waals surface area contributed by atoms with Crippen LogP contribution >= 0.6 is 11.3 Å². The molecule has 13 aromatic heterocycles. The summed E-state index contributed by atoms with van der Waals surface area (Å²) in [5.41, 5.74) is 15.1. The Morgan fingerprint density at radius 3 is 1.33 bits per heavy atom. The minimum absolute atomic E-state index is 0.283. The van der Waals surface area contributed by atoms with E-state index in [1.807, 2.05) is 198 Å². The number of fused-ring (bicyclic) bond motifs is 12. The maximum atomic E-state index is 12.7. The van der Waals surface area contributed by atoms with E-state index in [4.69, 9.17) is 30.9 Å². The molecule has 3 N–H and O–H groups in total. The molecule has 680 valence electrons. The summed E-state index contributed by atoms with van der Waals surface area (Å²) in [5.74, 6) is 1.13. The lowest BCUT2D eigenvalue weighted by Crippen LogP contribution is -2.54. The molecule has 6 aliphatic heterocycles. The zero-order chi connectivity index (χ0) is 91.6. The number of benzene rings is 7. The molecule has 4 unspecified atom stereocenters. The van der Waals surface area contributed by atoms with Crippen LogP contribution in [0.5, 0.6) is 0 Å². The summed E-state index contributed by atoms with van der Waals surface area (Å²) >= 11 is 1.54. The number of hydrogen-bond donors (Lipinski definition) is 3. The van der Waals surface area contributed by atoms with Crippen LogP contribution in [0.3, 0.4) is 0 Å². The second-order valence-corrected chi connectivity index (χ2v) is 36.2. The molecule has 6 aliphatic rings. The molecule has 0 aliphatic carbocycles. The van der Waals surface area contributed by atoms with E-state index in [-0.39, 0.29) is 22.8 Å². The Bertz CT molecular complexity index is 8100. The molecule has 20 aromatic rings. The summed E-state index contributed by atoms with van der Waals surface area (Å²) in [5, 5.41) is 16.7. The van der Waals surface area contributed by atoms with Gasteiger partial charge in [0, 0.05) is 263 Å². The molecule has 4 atom stereocenters. The summed E-state index contributed by atoms with van der Waals surface area (Å²) in [6.45, 7) is 22.1. The first-order valence-corrected chi connectivity index (χ1v) is 46.4. The van der Waals surface area contributed by atoms with Gasteiger partial charge in [-0.05, 0) is 174 Å². The molecule has 0 saturated carbocycles. The second-order valence-electron chi connectivity index (χ2n) is 35.3. The summed E-state index contributed by atoms with van der Waals surface area (Å²) < 4.78 is 45.3. The maximum absolute atomic E-state index is 12.7. The number of nitrogens with one attached hydrogen (secondary N) is 3. The highest BCUT2D eigenvalue weighted by atomic mass is 32.1. The third-order valence-electron chi connectivity index (χ3n) is 26.2. The molecule has 0 spiro atoms. The normalized spacial score (nSPS) is 17.7. The van der Waals surface area contributed by atoms with E-state index >= 15 is 0 Å². The van der Waals surface area contributed by atoms with Crippen molar-refractivity contribution in [3.05, 3.63) is 294 Å². The van der Waals surface area contributed by atoms with E-state index < -0.39 is 11.3 Å². The maximum Gasteiger partial charge on any atom is 0.349 e. The van der Waals surface area contributed by atoms with Gasteiger partial charge in [-0.3, -0.25) is 8.80 Å². The number of para-hydroxylation sites is 4. The van der Waals surface area contributed by atoms with Gasteiger partial charge in [-0.25, -0.2) is 53.9 Å². The van der Waals surface area contributed by atoms with E-state index in [1.54, 1.807) is 28.9 Å². The van der Waals surface area contributed by atoms with Crippen molar-refractivity contribution in [2.24, 2.45) is 0 Å². The molecule has 2 bridgehead atoms. The fourth-order valence-electron chi connectivity index (χ4n) is 18.7. The summed E-state index contributed by atoms with van der Waals surface area (Å²) in [4.78, 5) is 107. The molecule has 26 rings (SSSR count). The van der Waals surface area contributed by atoms with Crippen molar-refractivity contribution in [1.29, 1.82) is 0 Å². The van der Waals surface area contributed by atoms with E-state index in [0.717, 1.165) is 182 Å². The van der Waals surface area contributed by atoms with Crippen LogP contribution < -0.4 is 68.6 Å². The first-order valence-electron chi connectivity index (χ1n) is 45.5. The Morgan fingerprint density at radius 2 is 0.844 bits per heavy atom. The van der Waals surface area contributed by atoms with Crippen LogP contribution in [0.25, 0.3) is 150 Å². The number of imidazole rings is 3. The van der Waals surface area contributed by atoms with E-state index in [0.29, 0.717) is 125 Å². The molecule has 7 aromatic carbocycles. The van der Waals surface area contributed by atoms with Crippen LogP contribution in [0.1, 0.15) is 25.8 Å². The average molecular weight is 1820 g/mol. The van der Waals surface area contributed by atoms with Gasteiger partial charge in [0.25, 0.3) is 0 Å². The Kier molecular flexibility index (Phi) is 22.8. The monoisotopic (exact) mass is 1820 g/mol. The van der Waals surface area contributed by atoms with Gasteiger partial charge in [-0.15, -0.1) is 11.3 Å². The average Bonchev–Trinajstić information content (AvgIpc) is 1.76. The van der Waals surface area contributed by atoms with Crippen LogP contribution in [0.4, 0.5) is 28.4 Å². The number of piperazine rings is 5. The largest absolute Gasteiger partial charge is 0.436 e. The Hall–Kier alpha value is -15.2. The van der Waals surface area contributed by atoms with Crippen molar-refractivity contribution >= 4 is 133 Å². The topological polar surface area (TPSA) is 327 Å². The SMILES string of the molecule is CC1CN(c2ccc3cc(-c4nc5ccccc5o4)c(=O)oc3c2)C(C)CN1.CN1CCN(c2ccc3cc(-c4cn5cccnc5n4)c(=O)oc3c2)CC1.Cc1cccn2cc(-c3cc4ccc(N5CCN(C)CC5)cc4oc3=O)nc12.O=c1oc2cc(N3CC4CC3CN4)ccc2cc1-c1nc2ccccc2o1.O=c1oc2cc(N3CCNCC3)ccc2cc1-c1cn2ccsc2n1. The second kappa shape index (κ2) is 36.1. The van der Waals surface area contributed by atoms with Gasteiger partial charge in [0.1, 0.15) is 55.7 Å². The van der Waals surface area contributed by atoms with Gasteiger partial charge in [-0.1, -0.05) is 30.3 Å². The fraction of sp³-hybridized carbons (Fsp3) is 0.252. The summed E-state index contributed by atoms with van der Waals surface area (Å²) in [7, 11) is 4.27. The number of oxazole rings is 2. The zero-order valence-corrected chi connectivity index (χ0v) is 75.6. The number of hydrogen-bond acceptors (Lipinski definition) is 29. The molecule has 31 nitrogen and oxygen atoms in total. The van der Waals surface area contributed by atoms with E-state index in [1.165, 1.54) is 17.8 Å². The van der Waals surface area contributed by atoms with Crippen molar-refractivity contribution in [2.75, 3.05) is 143 Å². The van der Waals surface area contributed by atoms with Crippen LogP contribution in [0.15, 0.2) is 292 Å². The number of pyridine rings is 1. The minimum atomic E-state index is -0.446. The molecule has 0 amide bonds. The zero-order valence-electron chi connectivity index (χ0n) is 74.8. The standard InChI is InChI=1S/C22H22N4O2.C22H21N3O3.C21H17N3O3.C20H19N5O2.C18H16N4O2S/c1-15-4-3-7-26-14-19(23-21(15)26)18-12-16-5-6-17(13-20(16)28-22(18)27)25-10-8-24(2)9-11-25;1-13-12-25(14(2)11-23-13)16-8-7-15-9-17(22(26)28-20(15)10-16)21-24-18-5-3-4-6-19(18)27-21;25-21-16(20-23-17-3-1-2-4-18(17)26-20)7-12-5-6-14(9-19(12)27-21)24-11-13-8-15(24)10-22-13;1-23-7-9-24(10-8-23)15-4-3-14-11-16(19(26)27-18(14)12-15)17-13-25-6-2-5-21-20(25)22-17;23-17-14(15-11-22-7-8-25-18(22)20-15)9-12-1-2-13(10-16(12)24-17)21-5-3-19-4-6-21/h3-7,12-14H,8-11H2,1-2H3;3-10,13-14,23H,11-12H2,1-2H3;1-7,9,13,15,22H,8,10-11H2;2-6,11-13H,7-10H2,1H3;1-2,7-11,19H,3-6H2. The molecular weight excluding hydrogens is 1730 g/mol. The highest BCUT2D eigenvalue weighted by Gasteiger charge is 2.38.